The van der Waals surface area contributed by atoms with Gasteiger partial charge in [0, 0.05) is 42.1 Å². The van der Waals surface area contributed by atoms with Gasteiger partial charge in [-0.2, -0.15) is 11.8 Å². The monoisotopic (exact) mass is 316 g/mol. The summed E-state index contributed by atoms with van der Waals surface area (Å²) >= 11 is 1.69. The Morgan fingerprint density at radius 3 is 3.10 bits per heavy atom. The van der Waals surface area contributed by atoms with Crippen molar-refractivity contribution in [3.63, 3.8) is 0 Å². The zero-order valence-corrected chi connectivity index (χ0v) is 13.1. The summed E-state index contributed by atoms with van der Waals surface area (Å²) in [4.78, 5) is 6.16. The summed E-state index contributed by atoms with van der Waals surface area (Å²) in [7, 11) is -3.08. The number of hydrogen-bond donors (Lipinski definition) is 2. The molecule has 0 spiro atoms. The van der Waals surface area contributed by atoms with Gasteiger partial charge < -0.3 is 5.43 Å². The predicted molar refractivity (Wildman–Crippen MR) is 83.0 cm³/mol. The SMILES string of the molecule is CCS(=O)(=O)C1CSCCN1Cc1cccnc1NN. The lowest BCUT2D eigenvalue weighted by Crippen LogP contribution is -2.47. The summed E-state index contributed by atoms with van der Waals surface area (Å²) in [6.45, 7) is 3.00. The molecule has 2 heterocycles. The highest BCUT2D eigenvalue weighted by Gasteiger charge is 2.33. The first-order valence-electron chi connectivity index (χ1n) is 6.52. The lowest BCUT2D eigenvalue weighted by atomic mass is 10.2. The van der Waals surface area contributed by atoms with Crippen LogP contribution in [-0.2, 0) is 16.4 Å². The zero-order chi connectivity index (χ0) is 14.6. The molecular formula is C12H20N4O2S2. The number of anilines is 1. The average molecular weight is 316 g/mol. The standard InChI is InChI=1S/C12H20N4O2S2/c1-2-20(17,18)11-9-19-7-6-16(11)8-10-4-3-5-14-12(10)15-13/h3-5,11H,2,6-9,13H2,1H3,(H,14,15). The van der Waals surface area contributed by atoms with Crippen LogP contribution in [0.2, 0.25) is 0 Å². The molecule has 1 aromatic heterocycles. The van der Waals surface area contributed by atoms with Crippen molar-refractivity contribution in [1.29, 1.82) is 0 Å². The molecule has 112 valence electrons. The molecule has 3 N–H and O–H groups in total. The maximum atomic E-state index is 12.2. The van der Waals surface area contributed by atoms with Crippen molar-refractivity contribution in [2.75, 3.05) is 29.2 Å². The van der Waals surface area contributed by atoms with Gasteiger partial charge in [0.1, 0.15) is 11.2 Å². The fourth-order valence-corrected chi connectivity index (χ4v) is 5.31. The largest absolute Gasteiger partial charge is 0.308 e. The van der Waals surface area contributed by atoms with Crippen LogP contribution >= 0.6 is 11.8 Å². The average Bonchev–Trinajstić information content (AvgIpc) is 2.48. The number of nitrogens with one attached hydrogen (secondary N) is 1. The van der Waals surface area contributed by atoms with E-state index in [0.29, 0.717) is 18.1 Å². The van der Waals surface area contributed by atoms with Crippen LogP contribution in [0, 0.1) is 0 Å². The van der Waals surface area contributed by atoms with Crippen LogP contribution in [0.3, 0.4) is 0 Å². The molecule has 1 saturated heterocycles. The van der Waals surface area contributed by atoms with E-state index in [9.17, 15) is 8.42 Å². The minimum Gasteiger partial charge on any atom is -0.308 e. The Hall–Kier alpha value is -0.830. The molecule has 0 bridgehead atoms. The number of rotatable bonds is 5. The molecule has 2 rings (SSSR count). The fourth-order valence-electron chi connectivity index (χ4n) is 2.23. The Labute approximate surface area is 124 Å². The molecule has 0 radical (unpaired) electrons. The summed E-state index contributed by atoms with van der Waals surface area (Å²) < 4.78 is 24.4. The van der Waals surface area contributed by atoms with E-state index in [1.54, 1.807) is 24.9 Å². The van der Waals surface area contributed by atoms with Crippen LogP contribution in [0.25, 0.3) is 0 Å². The van der Waals surface area contributed by atoms with E-state index in [-0.39, 0.29) is 5.75 Å². The number of sulfone groups is 1. The van der Waals surface area contributed by atoms with Crippen molar-refractivity contribution in [3.05, 3.63) is 23.9 Å². The number of nitrogens with two attached hydrogens (primary N) is 1. The van der Waals surface area contributed by atoms with Gasteiger partial charge in [0.15, 0.2) is 9.84 Å². The lowest BCUT2D eigenvalue weighted by molar-refractivity contribution is 0.262. The summed E-state index contributed by atoms with van der Waals surface area (Å²) in [6.07, 6.45) is 1.66. The summed E-state index contributed by atoms with van der Waals surface area (Å²) in [5.74, 6) is 7.79. The molecule has 0 saturated carbocycles. The third kappa shape index (κ3) is 3.43. The van der Waals surface area contributed by atoms with Gasteiger partial charge in [-0.3, -0.25) is 4.90 Å². The summed E-state index contributed by atoms with van der Waals surface area (Å²) in [6, 6.07) is 3.75. The number of pyridine rings is 1. The van der Waals surface area contributed by atoms with E-state index in [0.717, 1.165) is 17.9 Å². The van der Waals surface area contributed by atoms with Crippen molar-refractivity contribution in [2.24, 2.45) is 5.84 Å². The molecule has 0 aliphatic carbocycles. The normalized spacial score (nSPS) is 20.8. The van der Waals surface area contributed by atoms with Gasteiger partial charge in [0.2, 0.25) is 0 Å². The Bertz CT molecular complexity index is 550. The van der Waals surface area contributed by atoms with Crippen LogP contribution in [0.15, 0.2) is 18.3 Å². The van der Waals surface area contributed by atoms with Gasteiger partial charge >= 0.3 is 0 Å². The van der Waals surface area contributed by atoms with E-state index < -0.39 is 15.2 Å². The second kappa shape index (κ2) is 6.75. The number of aromatic nitrogens is 1. The van der Waals surface area contributed by atoms with Crippen molar-refractivity contribution in [1.82, 2.24) is 9.88 Å². The van der Waals surface area contributed by atoms with Gasteiger partial charge in [-0.15, -0.1) is 0 Å². The maximum Gasteiger partial charge on any atom is 0.166 e. The third-order valence-corrected chi connectivity index (χ3v) is 6.74. The van der Waals surface area contributed by atoms with Crippen LogP contribution in [0.5, 0.6) is 0 Å². The van der Waals surface area contributed by atoms with Gasteiger partial charge in [-0.25, -0.2) is 19.2 Å². The maximum absolute atomic E-state index is 12.2. The molecule has 1 aliphatic rings. The lowest BCUT2D eigenvalue weighted by Gasteiger charge is -2.34. The number of nitrogen functional groups attached to an aromatic ring is 1. The van der Waals surface area contributed by atoms with Gasteiger partial charge in [-0.1, -0.05) is 13.0 Å². The number of hydrogen-bond acceptors (Lipinski definition) is 7. The van der Waals surface area contributed by atoms with Crippen molar-refractivity contribution in [3.8, 4) is 0 Å². The molecule has 20 heavy (non-hydrogen) atoms. The predicted octanol–water partition coefficient (Wildman–Crippen LogP) is 0.677. The molecular weight excluding hydrogens is 296 g/mol. The first kappa shape index (κ1) is 15.6. The highest BCUT2D eigenvalue weighted by Crippen LogP contribution is 2.24. The van der Waals surface area contributed by atoms with Gasteiger partial charge in [0.25, 0.3) is 0 Å². The third-order valence-electron chi connectivity index (χ3n) is 3.41. The van der Waals surface area contributed by atoms with Gasteiger partial charge in [0.05, 0.1) is 0 Å². The molecule has 1 fully saturated rings. The first-order chi connectivity index (χ1) is 9.58. The van der Waals surface area contributed by atoms with Crippen LogP contribution in [0.1, 0.15) is 12.5 Å². The van der Waals surface area contributed by atoms with Crippen molar-refractivity contribution >= 4 is 27.4 Å². The topological polar surface area (TPSA) is 88.3 Å². The van der Waals surface area contributed by atoms with Crippen LogP contribution < -0.4 is 11.3 Å². The minimum atomic E-state index is -3.08. The second-order valence-electron chi connectivity index (χ2n) is 4.61. The van der Waals surface area contributed by atoms with Crippen molar-refractivity contribution in [2.45, 2.75) is 18.8 Å². The van der Waals surface area contributed by atoms with Crippen LogP contribution in [-0.4, -0.2) is 47.5 Å². The molecule has 1 unspecified atom stereocenters. The molecule has 1 atom stereocenters. The highest BCUT2D eigenvalue weighted by atomic mass is 32.2. The molecule has 0 amide bonds. The quantitative estimate of drug-likeness (QED) is 0.610. The molecule has 0 aromatic carbocycles. The van der Waals surface area contributed by atoms with E-state index in [4.69, 9.17) is 5.84 Å². The highest BCUT2D eigenvalue weighted by molar-refractivity contribution is 8.01. The zero-order valence-electron chi connectivity index (χ0n) is 11.4. The Balaban J connectivity index is 2.21. The van der Waals surface area contributed by atoms with E-state index in [1.807, 2.05) is 17.0 Å². The van der Waals surface area contributed by atoms with Crippen molar-refractivity contribution < 1.29 is 8.42 Å². The fraction of sp³-hybridized carbons (Fsp3) is 0.583. The Morgan fingerprint density at radius 1 is 1.60 bits per heavy atom. The van der Waals surface area contributed by atoms with Crippen LogP contribution in [0.4, 0.5) is 5.82 Å². The minimum absolute atomic E-state index is 0.170. The number of thioether (sulfide) groups is 1. The number of hydrazine groups is 1. The Morgan fingerprint density at radius 2 is 2.40 bits per heavy atom. The molecule has 6 nitrogen and oxygen atoms in total. The second-order valence-corrected chi connectivity index (χ2v) is 8.20. The van der Waals surface area contributed by atoms with E-state index in [2.05, 4.69) is 10.4 Å². The molecule has 1 aromatic rings. The molecule has 1 aliphatic heterocycles. The molecule has 8 heteroatoms. The smallest absolute Gasteiger partial charge is 0.166 e. The van der Waals surface area contributed by atoms with E-state index in [1.165, 1.54) is 0 Å². The number of nitrogens with zero attached hydrogens (tertiary/aromatic N) is 2. The summed E-state index contributed by atoms with van der Waals surface area (Å²) in [5, 5.41) is -0.419. The van der Waals surface area contributed by atoms with E-state index >= 15 is 0 Å². The van der Waals surface area contributed by atoms with Gasteiger partial charge in [-0.05, 0) is 6.07 Å². The first-order valence-corrected chi connectivity index (χ1v) is 9.39. The summed E-state index contributed by atoms with van der Waals surface area (Å²) in [5.41, 5.74) is 3.48. The Kier molecular flexibility index (Phi) is 5.25.